The van der Waals surface area contributed by atoms with Crippen molar-refractivity contribution in [2.45, 2.75) is 50.8 Å². The average Bonchev–Trinajstić information content (AvgIpc) is 2.87. The first-order chi connectivity index (χ1) is 16.5. The molecule has 5 nitrogen and oxygen atoms in total. The third kappa shape index (κ3) is 5.80. The fourth-order valence-electron chi connectivity index (χ4n) is 4.26. The summed E-state index contributed by atoms with van der Waals surface area (Å²) in [7, 11) is 0. The lowest BCUT2D eigenvalue weighted by molar-refractivity contribution is -0.339. The predicted octanol–water partition coefficient (Wildman–Crippen LogP) is 5.45. The Kier molecular flexibility index (Phi) is 8.24. The molecule has 2 N–H and O–H groups in total. The van der Waals surface area contributed by atoms with Gasteiger partial charge in [-0.2, -0.15) is 0 Å². The van der Waals surface area contributed by atoms with Gasteiger partial charge in [0.25, 0.3) is 0 Å². The molecular weight excluding hydrogens is 452 g/mol. The number of benzene rings is 3. The Morgan fingerprint density at radius 3 is 2.47 bits per heavy atom. The van der Waals surface area contributed by atoms with Gasteiger partial charge >= 0.3 is 0 Å². The second-order valence-corrected chi connectivity index (χ2v) is 8.96. The molecule has 0 bridgehead atoms. The molecular formula is C28H31ClO5. The number of hydrogen-bond acceptors (Lipinski definition) is 5. The Hall–Kier alpha value is -2.41. The van der Waals surface area contributed by atoms with E-state index in [1.165, 1.54) is 0 Å². The number of aliphatic hydroxyl groups excluding tert-OH is 2. The topological polar surface area (TPSA) is 68.2 Å². The number of aliphatic hydroxyl groups is 2. The molecule has 0 saturated carbocycles. The highest BCUT2D eigenvalue weighted by Crippen LogP contribution is 2.39. The predicted molar refractivity (Wildman–Crippen MR) is 132 cm³/mol. The van der Waals surface area contributed by atoms with E-state index in [1.54, 1.807) is 0 Å². The zero-order chi connectivity index (χ0) is 24.0. The molecule has 3 aromatic rings. The smallest absolute Gasteiger partial charge is 0.219 e. The van der Waals surface area contributed by atoms with Gasteiger partial charge < -0.3 is 24.4 Å². The van der Waals surface area contributed by atoms with Crippen molar-refractivity contribution in [1.82, 2.24) is 0 Å². The molecule has 6 heteroatoms. The Morgan fingerprint density at radius 1 is 1.00 bits per heavy atom. The molecule has 1 heterocycles. The molecule has 1 aliphatic rings. The monoisotopic (exact) mass is 482 g/mol. The van der Waals surface area contributed by atoms with Crippen molar-refractivity contribution in [2.24, 2.45) is 0 Å². The number of ether oxygens (including phenoxy) is 3. The fraction of sp³-hybridized carbons (Fsp3) is 0.357. The van der Waals surface area contributed by atoms with E-state index in [1.807, 2.05) is 79.7 Å². The molecule has 3 aromatic carbocycles. The maximum Gasteiger partial charge on any atom is 0.219 e. The van der Waals surface area contributed by atoms with Crippen molar-refractivity contribution in [3.8, 4) is 5.75 Å². The maximum absolute atomic E-state index is 10.7. The van der Waals surface area contributed by atoms with Gasteiger partial charge in [-0.1, -0.05) is 66.2 Å². The van der Waals surface area contributed by atoms with Crippen molar-refractivity contribution < 1.29 is 24.4 Å². The van der Waals surface area contributed by atoms with Gasteiger partial charge in [0.1, 0.15) is 11.9 Å². The summed E-state index contributed by atoms with van der Waals surface area (Å²) < 4.78 is 17.8. The molecule has 1 aliphatic heterocycles. The SMILES string of the molecule is CCOc1ccc(Cc2cc(C3CCC(O)C(CO)(OCc4ccccc4)O3)ccc2Cl)cc1. The van der Waals surface area contributed by atoms with E-state index in [-0.39, 0.29) is 12.7 Å². The standard InChI is InChI=1S/C28H31ClO5/c1-2-32-24-11-8-20(9-12-24)16-23-17-22(10-13-25(23)29)26-14-15-27(31)28(19-30,34-26)33-18-21-6-4-3-5-7-21/h3-13,17,26-27,30-31H,2,14-16,18-19H2,1H3. The lowest BCUT2D eigenvalue weighted by Crippen LogP contribution is -2.54. The molecule has 0 amide bonds. The van der Waals surface area contributed by atoms with Gasteiger partial charge in [-0.15, -0.1) is 0 Å². The second kappa shape index (κ2) is 11.3. The summed E-state index contributed by atoms with van der Waals surface area (Å²) in [6.07, 6.45) is 0.485. The number of hydrogen-bond donors (Lipinski definition) is 2. The van der Waals surface area contributed by atoms with E-state index in [9.17, 15) is 10.2 Å². The molecule has 1 saturated heterocycles. The summed E-state index contributed by atoms with van der Waals surface area (Å²) in [5.74, 6) is -0.635. The maximum atomic E-state index is 10.7. The molecule has 0 radical (unpaired) electrons. The van der Waals surface area contributed by atoms with Gasteiger partial charge in [-0.3, -0.25) is 0 Å². The van der Waals surface area contributed by atoms with Gasteiger partial charge in [0, 0.05) is 5.02 Å². The Bertz CT molecular complexity index is 1060. The van der Waals surface area contributed by atoms with Gasteiger partial charge in [-0.25, -0.2) is 0 Å². The summed E-state index contributed by atoms with van der Waals surface area (Å²) in [6.45, 7) is 2.39. The van der Waals surface area contributed by atoms with Crippen LogP contribution in [0.15, 0.2) is 72.8 Å². The van der Waals surface area contributed by atoms with Gasteiger partial charge in [0.05, 0.1) is 25.9 Å². The third-order valence-corrected chi connectivity index (χ3v) is 6.54. The molecule has 1 fully saturated rings. The van der Waals surface area contributed by atoms with Gasteiger partial charge in [0.15, 0.2) is 0 Å². The first-order valence-electron chi connectivity index (χ1n) is 11.7. The summed E-state index contributed by atoms with van der Waals surface area (Å²) in [5, 5.41) is 21.5. The second-order valence-electron chi connectivity index (χ2n) is 8.55. The van der Waals surface area contributed by atoms with Crippen LogP contribution in [0.2, 0.25) is 5.02 Å². The molecule has 180 valence electrons. The van der Waals surface area contributed by atoms with Gasteiger partial charge in [-0.05, 0) is 66.6 Å². The quantitative estimate of drug-likeness (QED) is 0.424. The highest BCUT2D eigenvalue weighted by Gasteiger charge is 2.46. The van der Waals surface area contributed by atoms with E-state index in [4.69, 9.17) is 25.8 Å². The summed E-state index contributed by atoms with van der Waals surface area (Å²) >= 11 is 6.52. The molecule has 0 aromatic heterocycles. The first kappa shape index (κ1) is 24.7. The summed E-state index contributed by atoms with van der Waals surface area (Å²) in [4.78, 5) is 0. The first-order valence-corrected chi connectivity index (χ1v) is 12.1. The Balaban J connectivity index is 1.50. The van der Waals surface area contributed by atoms with Crippen LogP contribution < -0.4 is 4.74 Å². The van der Waals surface area contributed by atoms with Crippen LogP contribution >= 0.6 is 11.6 Å². The largest absolute Gasteiger partial charge is 0.494 e. The van der Waals surface area contributed by atoms with Crippen molar-refractivity contribution >= 4 is 11.6 Å². The van der Waals surface area contributed by atoms with Crippen LogP contribution in [-0.4, -0.2) is 35.3 Å². The highest BCUT2D eigenvalue weighted by atomic mass is 35.5. The van der Waals surface area contributed by atoms with Crippen molar-refractivity contribution in [3.05, 3.63) is 100 Å². The minimum atomic E-state index is -1.48. The fourth-order valence-corrected chi connectivity index (χ4v) is 4.45. The van der Waals surface area contributed by atoms with E-state index in [0.717, 1.165) is 28.0 Å². The Morgan fingerprint density at radius 2 is 1.76 bits per heavy atom. The summed E-state index contributed by atoms with van der Waals surface area (Å²) in [5.41, 5.74) is 3.99. The van der Waals surface area contributed by atoms with E-state index in [2.05, 4.69) is 0 Å². The van der Waals surface area contributed by atoms with E-state index >= 15 is 0 Å². The molecule has 34 heavy (non-hydrogen) atoms. The number of rotatable bonds is 9. The van der Waals surface area contributed by atoms with Crippen molar-refractivity contribution in [2.75, 3.05) is 13.2 Å². The zero-order valence-electron chi connectivity index (χ0n) is 19.3. The lowest BCUT2D eigenvalue weighted by atomic mass is 9.92. The van der Waals surface area contributed by atoms with Crippen LogP contribution in [0.5, 0.6) is 5.75 Å². The van der Waals surface area contributed by atoms with Crippen LogP contribution in [0.25, 0.3) is 0 Å². The molecule has 0 spiro atoms. The normalized spacial score (nSPS) is 22.5. The molecule has 3 atom stereocenters. The van der Waals surface area contributed by atoms with Crippen LogP contribution in [-0.2, 0) is 22.5 Å². The van der Waals surface area contributed by atoms with Gasteiger partial charge in [0.2, 0.25) is 5.79 Å². The third-order valence-electron chi connectivity index (χ3n) is 6.17. The average molecular weight is 483 g/mol. The van der Waals surface area contributed by atoms with Crippen LogP contribution in [0.4, 0.5) is 0 Å². The van der Waals surface area contributed by atoms with Crippen LogP contribution in [0.1, 0.15) is 48.1 Å². The lowest BCUT2D eigenvalue weighted by Gasteiger charge is -2.43. The Labute approximate surface area is 205 Å². The van der Waals surface area contributed by atoms with Crippen molar-refractivity contribution in [3.63, 3.8) is 0 Å². The van der Waals surface area contributed by atoms with E-state index in [0.29, 0.717) is 30.9 Å². The molecule has 0 aliphatic carbocycles. The molecule has 4 rings (SSSR count). The highest BCUT2D eigenvalue weighted by molar-refractivity contribution is 6.31. The van der Waals surface area contributed by atoms with E-state index < -0.39 is 18.5 Å². The summed E-state index contributed by atoms with van der Waals surface area (Å²) in [6, 6.07) is 23.5. The number of halogens is 1. The van der Waals surface area contributed by atoms with Crippen molar-refractivity contribution in [1.29, 1.82) is 0 Å². The van der Waals surface area contributed by atoms with Crippen LogP contribution in [0.3, 0.4) is 0 Å². The molecule has 3 unspecified atom stereocenters. The van der Waals surface area contributed by atoms with Crippen LogP contribution in [0, 0.1) is 0 Å². The minimum Gasteiger partial charge on any atom is -0.494 e. The minimum absolute atomic E-state index is 0.231. The zero-order valence-corrected chi connectivity index (χ0v) is 20.1.